The summed E-state index contributed by atoms with van der Waals surface area (Å²) in [5, 5.41) is 13.2. The average molecular weight is 370 g/mol. The van der Waals surface area contributed by atoms with Gasteiger partial charge in [0.25, 0.3) is 0 Å². The molecule has 0 spiro atoms. The Morgan fingerprint density at radius 2 is 1.67 bits per heavy atom. The normalized spacial score (nSPS) is 12.9. The first-order chi connectivity index (χ1) is 9.86. The second-order valence-electron chi connectivity index (χ2n) is 4.74. The molecule has 0 heterocycles. The first-order valence-corrected chi connectivity index (χ1v) is 9.02. The van der Waals surface area contributed by atoms with E-state index in [4.69, 9.17) is 0 Å². The second kappa shape index (κ2) is 6.60. The van der Waals surface area contributed by atoms with Crippen LogP contribution in [0.3, 0.4) is 0 Å². The molecule has 0 amide bonds. The third-order valence-corrected chi connectivity index (χ3v) is 4.69. The molecule has 0 saturated carbocycles. The Labute approximate surface area is 132 Å². The number of anilines is 1. The summed E-state index contributed by atoms with van der Waals surface area (Å²) >= 11 is 3.36. The lowest BCUT2D eigenvalue weighted by molar-refractivity contribution is 0.191. The molecule has 0 aliphatic rings. The minimum absolute atomic E-state index is 0.249. The number of hydrogen-bond acceptors (Lipinski definition) is 4. The number of rotatable bonds is 5. The Balaban J connectivity index is 2.00. The van der Waals surface area contributed by atoms with Gasteiger partial charge in [-0.15, -0.1) is 0 Å². The molecule has 4 nitrogen and oxygen atoms in total. The summed E-state index contributed by atoms with van der Waals surface area (Å²) in [6.45, 7) is 0.347. The molecule has 0 bridgehead atoms. The molecule has 1 unspecified atom stereocenters. The summed E-state index contributed by atoms with van der Waals surface area (Å²) < 4.78 is 23.7. The van der Waals surface area contributed by atoms with E-state index >= 15 is 0 Å². The van der Waals surface area contributed by atoms with Gasteiger partial charge in [0.1, 0.15) is 0 Å². The SMILES string of the molecule is CS(=O)(=O)c1ccc(C(O)CNc2ccc(Br)cc2)cc1. The van der Waals surface area contributed by atoms with Gasteiger partial charge in [-0.3, -0.25) is 0 Å². The van der Waals surface area contributed by atoms with Gasteiger partial charge in [-0.2, -0.15) is 0 Å². The van der Waals surface area contributed by atoms with Crippen molar-refractivity contribution >= 4 is 31.5 Å². The van der Waals surface area contributed by atoms with Crippen molar-refractivity contribution < 1.29 is 13.5 Å². The van der Waals surface area contributed by atoms with E-state index in [9.17, 15) is 13.5 Å². The number of sulfone groups is 1. The van der Waals surface area contributed by atoms with Gasteiger partial charge in [-0.05, 0) is 42.0 Å². The van der Waals surface area contributed by atoms with Crippen LogP contribution in [0.25, 0.3) is 0 Å². The van der Waals surface area contributed by atoms with Crippen LogP contribution in [0.2, 0.25) is 0 Å². The quantitative estimate of drug-likeness (QED) is 0.849. The van der Waals surface area contributed by atoms with Crippen molar-refractivity contribution in [1.29, 1.82) is 0 Å². The molecule has 2 N–H and O–H groups in total. The maximum Gasteiger partial charge on any atom is 0.175 e. The highest BCUT2D eigenvalue weighted by atomic mass is 79.9. The highest BCUT2D eigenvalue weighted by Gasteiger charge is 2.10. The fourth-order valence-electron chi connectivity index (χ4n) is 1.84. The Hall–Kier alpha value is -1.37. The lowest BCUT2D eigenvalue weighted by atomic mass is 10.1. The van der Waals surface area contributed by atoms with Gasteiger partial charge in [0.2, 0.25) is 0 Å². The van der Waals surface area contributed by atoms with E-state index in [1.54, 1.807) is 12.1 Å². The predicted octanol–water partition coefficient (Wildman–Crippen LogP) is 3.00. The van der Waals surface area contributed by atoms with Gasteiger partial charge in [0, 0.05) is 23.0 Å². The summed E-state index contributed by atoms with van der Waals surface area (Å²) in [7, 11) is -3.21. The van der Waals surface area contributed by atoms with Crippen LogP contribution in [-0.2, 0) is 9.84 Å². The molecule has 2 rings (SSSR count). The van der Waals surface area contributed by atoms with Crippen LogP contribution in [-0.4, -0.2) is 26.3 Å². The van der Waals surface area contributed by atoms with E-state index in [0.29, 0.717) is 12.1 Å². The van der Waals surface area contributed by atoms with Gasteiger partial charge >= 0.3 is 0 Å². The Bertz CT molecular complexity index is 697. The predicted molar refractivity (Wildman–Crippen MR) is 87.1 cm³/mol. The van der Waals surface area contributed by atoms with Gasteiger partial charge in [-0.1, -0.05) is 28.1 Å². The molecule has 0 aromatic heterocycles. The van der Waals surface area contributed by atoms with Crippen LogP contribution in [0, 0.1) is 0 Å². The van der Waals surface area contributed by atoms with Gasteiger partial charge in [0.05, 0.1) is 11.0 Å². The molecule has 6 heteroatoms. The van der Waals surface area contributed by atoms with Crippen LogP contribution in [0.5, 0.6) is 0 Å². The van der Waals surface area contributed by atoms with Gasteiger partial charge in [0.15, 0.2) is 9.84 Å². The summed E-state index contributed by atoms with van der Waals surface area (Å²) in [5.41, 5.74) is 1.58. The maximum atomic E-state index is 11.4. The second-order valence-corrected chi connectivity index (χ2v) is 7.68. The standard InChI is InChI=1S/C15H16BrNO3S/c1-21(19,20)14-8-2-11(3-9-14)15(18)10-17-13-6-4-12(16)5-7-13/h2-9,15,17-18H,10H2,1H3. The van der Waals surface area contributed by atoms with Crippen LogP contribution < -0.4 is 5.32 Å². The fourth-order valence-corrected chi connectivity index (χ4v) is 2.73. The Kier molecular flexibility index (Phi) is 5.03. The molecular formula is C15H16BrNO3S. The fraction of sp³-hybridized carbons (Fsp3) is 0.200. The number of aliphatic hydroxyl groups excluding tert-OH is 1. The van der Waals surface area contributed by atoms with E-state index in [-0.39, 0.29) is 4.90 Å². The number of halogens is 1. The third kappa shape index (κ3) is 4.56. The zero-order valence-corrected chi connectivity index (χ0v) is 13.9. The minimum Gasteiger partial charge on any atom is -0.387 e. The molecule has 0 fully saturated rings. The van der Waals surface area contributed by atoms with Gasteiger partial charge in [-0.25, -0.2) is 8.42 Å². The molecule has 112 valence electrons. The monoisotopic (exact) mass is 369 g/mol. The summed E-state index contributed by atoms with van der Waals surface area (Å²) in [6.07, 6.45) is 0.454. The summed E-state index contributed by atoms with van der Waals surface area (Å²) in [4.78, 5) is 0.249. The number of benzene rings is 2. The number of hydrogen-bond donors (Lipinski definition) is 2. The number of aliphatic hydroxyl groups is 1. The van der Waals surface area contributed by atoms with Crippen molar-refractivity contribution in [2.24, 2.45) is 0 Å². The zero-order chi connectivity index (χ0) is 15.5. The first kappa shape index (κ1) is 16.0. The van der Waals surface area contributed by atoms with Crippen molar-refractivity contribution in [3.05, 3.63) is 58.6 Å². The highest BCUT2D eigenvalue weighted by molar-refractivity contribution is 9.10. The van der Waals surface area contributed by atoms with Crippen molar-refractivity contribution in [1.82, 2.24) is 0 Å². The molecule has 1 atom stereocenters. The van der Waals surface area contributed by atoms with E-state index < -0.39 is 15.9 Å². The largest absolute Gasteiger partial charge is 0.387 e. The van der Waals surface area contributed by atoms with Gasteiger partial charge < -0.3 is 10.4 Å². The first-order valence-electron chi connectivity index (χ1n) is 6.34. The molecule has 0 radical (unpaired) electrons. The average Bonchev–Trinajstić information content (AvgIpc) is 2.45. The zero-order valence-electron chi connectivity index (χ0n) is 11.5. The summed E-state index contributed by atoms with van der Waals surface area (Å²) in [5.74, 6) is 0. The molecule has 0 aliphatic heterocycles. The molecule has 21 heavy (non-hydrogen) atoms. The lowest BCUT2D eigenvalue weighted by Crippen LogP contribution is -2.12. The topological polar surface area (TPSA) is 66.4 Å². The van der Waals surface area contributed by atoms with E-state index in [2.05, 4.69) is 21.2 Å². The Morgan fingerprint density at radius 3 is 2.19 bits per heavy atom. The van der Waals surface area contributed by atoms with Crippen molar-refractivity contribution in [3.63, 3.8) is 0 Å². The van der Waals surface area contributed by atoms with E-state index in [0.717, 1.165) is 16.4 Å². The molecular weight excluding hydrogens is 354 g/mol. The van der Waals surface area contributed by atoms with Crippen molar-refractivity contribution in [3.8, 4) is 0 Å². The Morgan fingerprint density at radius 1 is 1.10 bits per heavy atom. The van der Waals surface area contributed by atoms with E-state index in [1.807, 2.05) is 24.3 Å². The van der Waals surface area contributed by atoms with E-state index in [1.165, 1.54) is 12.1 Å². The lowest BCUT2D eigenvalue weighted by Gasteiger charge is -2.13. The van der Waals surface area contributed by atoms with Crippen LogP contribution in [0.15, 0.2) is 57.9 Å². The molecule has 2 aromatic rings. The van der Waals surface area contributed by atoms with Crippen LogP contribution in [0.1, 0.15) is 11.7 Å². The summed E-state index contributed by atoms with van der Waals surface area (Å²) in [6, 6.07) is 13.9. The van der Waals surface area contributed by atoms with Crippen molar-refractivity contribution in [2.45, 2.75) is 11.0 Å². The molecule has 0 aliphatic carbocycles. The van der Waals surface area contributed by atoms with Crippen LogP contribution in [0.4, 0.5) is 5.69 Å². The number of nitrogens with one attached hydrogen (secondary N) is 1. The third-order valence-electron chi connectivity index (χ3n) is 3.04. The van der Waals surface area contributed by atoms with Crippen LogP contribution >= 0.6 is 15.9 Å². The molecule has 0 saturated heterocycles. The highest BCUT2D eigenvalue weighted by Crippen LogP contribution is 2.18. The van der Waals surface area contributed by atoms with Crippen molar-refractivity contribution in [2.75, 3.05) is 18.1 Å². The minimum atomic E-state index is -3.21. The smallest absolute Gasteiger partial charge is 0.175 e. The maximum absolute atomic E-state index is 11.4. The molecule has 2 aromatic carbocycles.